The van der Waals surface area contributed by atoms with Crippen LogP contribution >= 0.6 is 0 Å². The smallest absolute Gasteiger partial charge is 0.341 e. The van der Waals surface area contributed by atoms with Gasteiger partial charge in [0.15, 0.2) is 11.6 Å². The highest BCUT2D eigenvalue weighted by atomic mass is 32.2. The molecule has 2 amide bonds. The molecule has 5 aliphatic rings. The second-order valence-corrected chi connectivity index (χ2v) is 16.7. The van der Waals surface area contributed by atoms with E-state index in [4.69, 9.17) is 13.9 Å². The van der Waals surface area contributed by atoms with E-state index in [1.165, 1.54) is 21.3 Å². The average molecular weight is 738 g/mol. The van der Waals surface area contributed by atoms with Gasteiger partial charge in [-0.25, -0.2) is 13.9 Å². The Hall–Kier alpha value is -4.05. The number of ether oxygens (including phenoxy) is 2. The maximum Gasteiger partial charge on any atom is 0.341 e. The Labute approximate surface area is 301 Å². The summed E-state index contributed by atoms with van der Waals surface area (Å²) in [7, 11) is -0.338. The van der Waals surface area contributed by atoms with Crippen LogP contribution in [0.4, 0.5) is 10.1 Å². The number of amides is 2. The highest BCUT2D eigenvalue weighted by molar-refractivity contribution is 7.87. The number of aryl methyl sites for hydroxylation is 2. The molecule has 0 spiro atoms. The van der Waals surface area contributed by atoms with Gasteiger partial charge in [-0.15, -0.1) is 0 Å². The minimum Gasteiger partial charge on any atom is -0.486 e. The SMILES string of the molecule is COC[C@H]1CN(c2cc(C)c3c4c(c(=O)oc3c2C)CN(C(=O)c2ccc(C(=O)NS(=O)(=O)N3CC5CC5C3)c(OC3CC3)c2F)CC4)CCN1C. The number of rotatable bonds is 9. The van der Waals surface area contributed by atoms with E-state index in [1.807, 2.05) is 13.8 Å². The molecule has 278 valence electrons. The number of nitrogens with zero attached hydrogens (tertiary/aromatic N) is 4. The lowest BCUT2D eigenvalue weighted by Gasteiger charge is -2.41. The van der Waals surface area contributed by atoms with E-state index < -0.39 is 39.2 Å². The molecule has 13 nitrogen and oxygen atoms in total. The minimum atomic E-state index is -4.13. The lowest BCUT2D eigenvalue weighted by molar-refractivity contribution is 0.0726. The van der Waals surface area contributed by atoms with Crippen molar-refractivity contribution >= 4 is 38.7 Å². The summed E-state index contributed by atoms with van der Waals surface area (Å²) < 4.78 is 62.6. The number of fused-ring (bicyclic) bond motifs is 4. The van der Waals surface area contributed by atoms with Crippen LogP contribution in [-0.2, 0) is 27.9 Å². The zero-order valence-corrected chi connectivity index (χ0v) is 30.7. The van der Waals surface area contributed by atoms with Crippen molar-refractivity contribution in [3.05, 3.63) is 67.8 Å². The highest BCUT2D eigenvalue weighted by Crippen LogP contribution is 2.45. The maximum atomic E-state index is 16.2. The number of piperidine rings is 1. The molecule has 15 heteroatoms. The van der Waals surface area contributed by atoms with E-state index in [1.54, 1.807) is 7.11 Å². The quantitative estimate of drug-likeness (QED) is 0.326. The highest BCUT2D eigenvalue weighted by Gasteiger charge is 2.49. The molecular formula is C37H44FN5O8S. The fourth-order valence-corrected chi connectivity index (χ4v) is 9.37. The van der Waals surface area contributed by atoms with Gasteiger partial charge < -0.3 is 23.7 Å². The largest absolute Gasteiger partial charge is 0.486 e. The summed E-state index contributed by atoms with van der Waals surface area (Å²) in [6, 6.07) is 4.76. The van der Waals surface area contributed by atoms with E-state index >= 15 is 4.39 Å². The molecule has 8 rings (SSSR count). The molecule has 2 unspecified atom stereocenters. The van der Waals surface area contributed by atoms with Gasteiger partial charge in [0.05, 0.1) is 42.0 Å². The Morgan fingerprint density at radius 2 is 1.77 bits per heavy atom. The van der Waals surface area contributed by atoms with Crippen molar-refractivity contribution in [1.82, 2.24) is 18.8 Å². The number of benzene rings is 2. The summed E-state index contributed by atoms with van der Waals surface area (Å²) in [6.07, 6.45) is 2.28. The normalized spacial score (nSPS) is 23.4. The monoisotopic (exact) mass is 737 g/mol. The molecule has 3 atom stereocenters. The average Bonchev–Trinajstić information content (AvgIpc) is 4.05. The number of hydrogen-bond donors (Lipinski definition) is 1. The number of carbonyl (C=O) groups excluding carboxylic acids is 2. The van der Waals surface area contributed by atoms with E-state index in [-0.39, 0.29) is 36.4 Å². The first-order valence-corrected chi connectivity index (χ1v) is 19.4. The van der Waals surface area contributed by atoms with Crippen LogP contribution in [0.25, 0.3) is 11.0 Å². The molecule has 2 saturated carbocycles. The fourth-order valence-electron chi connectivity index (χ4n) is 8.12. The van der Waals surface area contributed by atoms with Crippen molar-refractivity contribution in [3.8, 4) is 5.75 Å². The van der Waals surface area contributed by atoms with Crippen molar-refractivity contribution < 1.29 is 36.3 Å². The molecule has 2 aromatic carbocycles. The topological polar surface area (TPSA) is 142 Å². The van der Waals surface area contributed by atoms with Crippen LogP contribution in [0, 0.1) is 31.5 Å². The van der Waals surface area contributed by atoms with E-state index in [9.17, 15) is 22.8 Å². The summed E-state index contributed by atoms with van der Waals surface area (Å²) in [5.41, 5.74) is 3.36. The Kier molecular flexibility index (Phi) is 8.83. The van der Waals surface area contributed by atoms with Crippen LogP contribution in [0.3, 0.4) is 0 Å². The second kappa shape index (κ2) is 13.1. The summed E-state index contributed by atoms with van der Waals surface area (Å²) in [5.74, 6) is -2.57. The van der Waals surface area contributed by atoms with Crippen molar-refractivity contribution in [2.24, 2.45) is 11.8 Å². The van der Waals surface area contributed by atoms with Gasteiger partial charge in [0, 0.05) is 63.0 Å². The van der Waals surface area contributed by atoms with Gasteiger partial charge in [0.25, 0.3) is 11.8 Å². The Balaban J connectivity index is 1.05. The molecule has 2 aliphatic carbocycles. The number of methoxy groups -OCH3 is 1. The molecule has 0 bridgehead atoms. The van der Waals surface area contributed by atoms with E-state index in [0.717, 1.165) is 53.8 Å². The molecule has 52 heavy (non-hydrogen) atoms. The second-order valence-electron chi connectivity index (χ2n) is 15.0. The summed E-state index contributed by atoms with van der Waals surface area (Å²) >= 11 is 0. The number of hydrogen-bond acceptors (Lipinski definition) is 10. The zero-order chi connectivity index (χ0) is 36.6. The molecule has 3 aromatic rings. The maximum absolute atomic E-state index is 16.2. The first-order valence-electron chi connectivity index (χ1n) is 18.0. The van der Waals surface area contributed by atoms with E-state index in [2.05, 4.69) is 27.6 Å². The van der Waals surface area contributed by atoms with E-state index in [0.29, 0.717) is 61.9 Å². The number of halogens is 1. The lowest BCUT2D eigenvalue weighted by Crippen LogP contribution is -2.53. The predicted molar refractivity (Wildman–Crippen MR) is 191 cm³/mol. The minimum absolute atomic E-state index is 0.0829. The number of likely N-dealkylation sites (N-methyl/N-ethyl adjacent to an activating group) is 1. The van der Waals surface area contributed by atoms with Crippen LogP contribution in [-0.4, -0.2) is 107 Å². The first-order chi connectivity index (χ1) is 24.8. The van der Waals surface area contributed by atoms with Crippen molar-refractivity contribution in [3.63, 3.8) is 0 Å². The molecule has 0 radical (unpaired) electrons. The van der Waals surface area contributed by atoms with Crippen molar-refractivity contribution in [1.29, 1.82) is 0 Å². The Bertz CT molecular complexity index is 2140. The van der Waals surface area contributed by atoms with Gasteiger partial charge in [0.2, 0.25) is 0 Å². The number of nitrogens with one attached hydrogen (secondary N) is 1. The fraction of sp³-hybridized carbons (Fsp3) is 0.541. The van der Waals surface area contributed by atoms with Gasteiger partial charge >= 0.3 is 15.8 Å². The van der Waals surface area contributed by atoms with Crippen LogP contribution in [0.5, 0.6) is 5.75 Å². The molecule has 1 aromatic heterocycles. The predicted octanol–water partition coefficient (Wildman–Crippen LogP) is 2.98. The van der Waals surface area contributed by atoms with Gasteiger partial charge in [0.1, 0.15) is 5.58 Å². The zero-order valence-electron chi connectivity index (χ0n) is 29.9. The number of carbonyl (C=O) groups is 2. The first kappa shape index (κ1) is 35.0. The summed E-state index contributed by atoms with van der Waals surface area (Å²) in [6.45, 7) is 7.87. The number of piperazine rings is 1. The molecule has 1 N–H and O–H groups in total. The third kappa shape index (κ3) is 6.24. The standard InChI is InChI=1S/C37H44FN5O8S/c1-20-13-30(41-12-11-40(3)24(17-41)19-49-4)21(2)33-31(20)26-9-10-42(18-29(26)37(46)51-33)36(45)27-7-8-28(34(32(27)38)50-25-5-6-25)35(44)39-52(47,48)43-15-22-14-23(22)16-43/h7-8,13,22-25H,5-6,9-12,14-19H2,1-4H3,(H,39,44)/t22?,23?,24-/m1/s1. The molecule has 4 heterocycles. The summed E-state index contributed by atoms with van der Waals surface area (Å²) in [4.78, 5) is 46.7. The lowest BCUT2D eigenvalue weighted by atomic mass is 9.92. The third-order valence-electron chi connectivity index (χ3n) is 11.4. The molecule has 4 fully saturated rings. The van der Waals surface area contributed by atoms with Crippen molar-refractivity contribution in [2.75, 3.05) is 64.9 Å². The van der Waals surface area contributed by atoms with Gasteiger partial charge in [-0.05, 0) is 87.7 Å². The van der Waals surface area contributed by atoms with Crippen LogP contribution < -0.4 is 20.0 Å². The van der Waals surface area contributed by atoms with Gasteiger partial charge in [-0.3, -0.25) is 14.5 Å². The Morgan fingerprint density at radius 3 is 2.48 bits per heavy atom. The van der Waals surface area contributed by atoms with Crippen LogP contribution in [0.2, 0.25) is 0 Å². The van der Waals surface area contributed by atoms with Crippen LogP contribution in [0.1, 0.15) is 62.2 Å². The Morgan fingerprint density at radius 1 is 1.04 bits per heavy atom. The molecular weight excluding hydrogens is 693 g/mol. The molecule has 2 saturated heterocycles. The van der Waals surface area contributed by atoms with Crippen LogP contribution in [0.15, 0.2) is 27.4 Å². The summed E-state index contributed by atoms with van der Waals surface area (Å²) in [5, 5.41) is 0.855. The van der Waals surface area contributed by atoms with Gasteiger partial charge in [-0.1, -0.05) is 0 Å². The van der Waals surface area contributed by atoms with Gasteiger partial charge in [-0.2, -0.15) is 12.7 Å². The number of anilines is 1. The van der Waals surface area contributed by atoms with Crippen molar-refractivity contribution in [2.45, 2.75) is 58.2 Å². The molecule has 3 aliphatic heterocycles. The third-order valence-corrected chi connectivity index (χ3v) is 12.9.